The second-order valence-electron chi connectivity index (χ2n) is 2.53. The lowest BCUT2D eigenvalue weighted by atomic mass is 10.2. The third-order valence-corrected chi connectivity index (χ3v) is 0.965. The predicted molar refractivity (Wildman–Crippen MR) is 43.8 cm³/mol. The number of hydrazone groups is 1. The number of hydrogen-bond acceptors (Lipinski definition) is 3. The fourth-order valence-electron chi connectivity index (χ4n) is 0.400. The van der Waals surface area contributed by atoms with Gasteiger partial charge < -0.3 is 0 Å². The third-order valence-electron chi connectivity index (χ3n) is 0.965. The van der Waals surface area contributed by atoms with Gasteiger partial charge in [-0.15, -0.1) is 0 Å². The molecule has 0 aliphatic rings. The molecule has 2 amide bonds. The van der Waals surface area contributed by atoms with E-state index in [1.54, 1.807) is 6.21 Å². The van der Waals surface area contributed by atoms with Crippen LogP contribution in [-0.4, -0.2) is 12.2 Å². The van der Waals surface area contributed by atoms with E-state index in [9.17, 15) is 4.79 Å². The maximum atomic E-state index is 10.4. The minimum atomic E-state index is -0.509. The maximum Gasteiger partial charge on any atom is 0.349 e. The Balaban J connectivity index is 3.37. The number of nitrogens with one attached hydrogen (secondary N) is 2. The van der Waals surface area contributed by atoms with Crippen molar-refractivity contribution < 1.29 is 4.79 Å². The Kier molecular flexibility index (Phi) is 5.10. The molecule has 0 spiro atoms. The molecule has 0 saturated carbocycles. The Hall–Kier alpha value is -1.10. The number of carbonyl (C=O) groups excluding carboxylic acids is 1. The third kappa shape index (κ3) is 6.79. The number of hydrazine groups is 1. The van der Waals surface area contributed by atoms with Crippen LogP contribution in [0.1, 0.15) is 20.3 Å². The normalized spacial score (nSPS) is 10.5. The van der Waals surface area contributed by atoms with Crippen LogP contribution in [-0.2, 0) is 0 Å². The molecule has 4 N–H and O–H groups in total. The highest BCUT2D eigenvalue weighted by Crippen LogP contribution is 1.93. The van der Waals surface area contributed by atoms with E-state index in [2.05, 4.69) is 24.4 Å². The van der Waals surface area contributed by atoms with Crippen molar-refractivity contribution in [3.63, 3.8) is 0 Å². The molecule has 0 atom stereocenters. The lowest BCUT2D eigenvalue weighted by Crippen LogP contribution is -2.37. The Bertz CT molecular complexity index is 144. The van der Waals surface area contributed by atoms with Gasteiger partial charge in [-0.25, -0.2) is 16.1 Å². The van der Waals surface area contributed by atoms with Crippen LogP contribution in [0.3, 0.4) is 0 Å². The lowest BCUT2D eigenvalue weighted by Gasteiger charge is -1.97. The zero-order valence-corrected chi connectivity index (χ0v) is 6.79. The molecule has 0 bridgehead atoms. The largest absolute Gasteiger partial charge is 0.349 e. The standard InChI is InChI=1S/C6H14N4O/c1-5(2)3-4-8-10-6(11)9-7/h4-5H,3,7H2,1-2H3,(H2,9,10,11)/b8-4+. The van der Waals surface area contributed by atoms with E-state index in [1.165, 1.54) is 0 Å². The summed E-state index contributed by atoms with van der Waals surface area (Å²) in [5, 5.41) is 3.62. The van der Waals surface area contributed by atoms with Crippen molar-refractivity contribution in [2.45, 2.75) is 20.3 Å². The van der Waals surface area contributed by atoms with Gasteiger partial charge in [-0.3, -0.25) is 5.43 Å². The Labute approximate surface area is 66.0 Å². The number of nitrogens with zero attached hydrogens (tertiary/aromatic N) is 1. The number of rotatable bonds is 3. The van der Waals surface area contributed by atoms with Crippen LogP contribution in [0.5, 0.6) is 0 Å². The molecular weight excluding hydrogens is 144 g/mol. The van der Waals surface area contributed by atoms with Gasteiger partial charge in [-0.05, 0) is 12.3 Å². The molecule has 0 heterocycles. The molecule has 0 aliphatic carbocycles. The molecule has 0 rings (SSSR count). The molecule has 0 radical (unpaired) electrons. The van der Waals surface area contributed by atoms with Gasteiger partial charge in [0.05, 0.1) is 0 Å². The lowest BCUT2D eigenvalue weighted by molar-refractivity contribution is 0.241. The first kappa shape index (κ1) is 9.90. The first-order valence-corrected chi connectivity index (χ1v) is 3.45. The van der Waals surface area contributed by atoms with Gasteiger partial charge in [0.2, 0.25) is 0 Å². The van der Waals surface area contributed by atoms with Crippen molar-refractivity contribution >= 4 is 12.2 Å². The van der Waals surface area contributed by atoms with E-state index in [0.29, 0.717) is 5.92 Å². The number of nitrogens with two attached hydrogens (primary N) is 1. The summed E-state index contributed by atoms with van der Waals surface area (Å²) >= 11 is 0. The van der Waals surface area contributed by atoms with E-state index < -0.39 is 6.03 Å². The summed E-state index contributed by atoms with van der Waals surface area (Å²) in [5.74, 6) is 5.32. The van der Waals surface area contributed by atoms with Crippen molar-refractivity contribution in [3.8, 4) is 0 Å². The first-order valence-electron chi connectivity index (χ1n) is 3.45. The van der Waals surface area contributed by atoms with Crippen molar-refractivity contribution in [1.29, 1.82) is 0 Å². The molecular formula is C6H14N4O. The maximum absolute atomic E-state index is 10.4. The van der Waals surface area contributed by atoms with E-state index in [1.807, 2.05) is 5.43 Å². The Morgan fingerprint density at radius 3 is 2.82 bits per heavy atom. The Morgan fingerprint density at radius 2 is 2.36 bits per heavy atom. The number of amides is 2. The van der Waals surface area contributed by atoms with Gasteiger partial charge in [0, 0.05) is 6.21 Å². The molecule has 0 aromatic heterocycles. The van der Waals surface area contributed by atoms with Crippen LogP contribution >= 0.6 is 0 Å². The van der Waals surface area contributed by atoms with Crippen molar-refractivity contribution in [3.05, 3.63) is 0 Å². The van der Waals surface area contributed by atoms with Crippen LogP contribution < -0.4 is 16.7 Å². The van der Waals surface area contributed by atoms with Crippen molar-refractivity contribution in [2.75, 3.05) is 0 Å². The minimum Gasteiger partial charge on any atom is -0.274 e. The van der Waals surface area contributed by atoms with Crippen LogP contribution in [0, 0.1) is 5.92 Å². The highest BCUT2D eigenvalue weighted by Gasteiger charge is 1.90. The molecule has 0 unspecified atom stereocenters. The summed E-state index contributed by atoms with van der Waals surface area (Å²) in [6, 6.07) is -0.509. The van der Waals surface area contributed by atoms with E-state index in [-0.39, 0.29) is 0 Å². The van der Waals surface area contributed by atoms with E-state index in [4.69, 9.17) is 5.84 Å². The van der Waals surface area contributed by atoms with Crippen molar-refractivity contribution in [2.24, 2.45) is 16.9 Å². The Morgan fingerprint density at radius 1 is 1.73 bits per heavy atom. The summed E-state index contributed by atoms with van der Waals surface area (Å²) in [4.78, 5) is 10.4. The molecule has 5 heteroatoms. The highest BCUT2D eigenvalue weighted by atomic mass is 16.2. The van der Waals surface area contributed by atoms with Gasteiger partial charge in [-0.2, -0.15) is 5.10 Å². The summed E-state index contributed by atoms with van der Waals surface area (Å²) in [5.41, 5.74) is 4.07. The molecule has 0 aromatic rings. The van der Waals surface area contributed by atoms with Crippen LogP contribution in [0.4, 0.5) is 4.79 Å². The van der Waals surface area contributed by atoms with Gasteiger partial charge in [0.15, 0.2) is 0 Å². The zero-order valence-electron chi connectivity index (χ0n) is 6.79. The number of carbonyl (C=O) groups is 1. The molecule has 5 nitrogen and oxygen atoms in total. The summed E-state index contributed by atoms with van der Waals surface area (Å²) in [7, 11) is 0. The summed E-state index contributed by atoms with van der Waals surface area (Å²) < 4.78 is 0. The monoisotopic (exact) mass is 158 g/mol. The fourth-order valence-corrected chi connectivity index (χ4v) is 0.400. The minimum absolute atomic E-state index is 0.509. The zero-order chi connectivity index (χ0) is 8.69. The van der Waals surface area contributed by atoms with Gasteiger partial charge in [0.1, 0.15) is 0 Å². The topological polar surface area (TPSA) is 79.5 Å². The predicted octanol–water partition coefficient (Wildman–Crippen LogP) is 0.191. The molecule has 0 saturated heterocycles. The van der Waals surface area contributed by atoms with Gasteiger partial charge >= 0.3 is 6.03 Å². The second-order valence-corrected chi connectivity index (χ2v) is 2.53. The molecule has 64 valence electrons. The van der Waals surface area contributed by atoms with E-state index >= 15 is 0 Å². The molecule has 0 aliphatic heterocycles. The smallest absolute Gasteiger partial charge is 0.274 e. The molecule has 0 aromatic carbocycles. The SMILES string of the molecule is CC(C)C/C=N/NC(=O)NN. The first-order chi connectivity index (χ1) is 5.16. The quantitative estimate of drug-likeness (QED) is 0.237. The highest BCUT2D eigenvalue weighted by molar-refractivity contribution is 5.74. The van der Waals surface area contributed by atoms with Crippen LogP contribution in [0.2, 0.25) is 0 Å². The summed E-state index contributed by atoms with van der Waals surface area (Å²) in [6.45, 7) is 4.13. The summed E-state index contributed by atoms with van der Waals surface area (Å²) in [6.07, 6.45) is 2.48. The number of urea groups is 1. The number of hydrogen-bond donors (Lipinski definition) is 3. The van der Waals surface area contributed by atoms with Gasteiger partial charge in [-0.1, -0.05) is 13.8 Å². The van der Waals surface area contributed by atoms with Crippen LogP contribution in [0.25, 0.3) is 0 Å². The molecule has 0 fully saturated rings. The average Bonchev–Trinajstić information content (AvgIpc) is 1.97. The van der Waals surface area contributed by atoms with Crippen molar-refractivity contribution in [1.82, 2.24) is 10.9 Å². The average molecular weight is 158 g/mol. The second kappa shape index (κ2) is 5.67. The van der Waals surface area contributed by atoms with Gasteiger partial charge in [0.25, 0.3) is 0 Å². The fraction of sp³-hybridized carbons (Fsp3) is 0.667. The molecule has 11 heavy (non-hydrogen) atoms. The van der Waals surface area contributed by atoms with E-state index in [0.717, 1.165) is 6.42 Å². The van der Waals surface area contributed by atoms with Crippen LogP contribution in [0.15, 0.2) is 5.10 Å².